The Labute approximate surface area is 160 Å². The number of ether oxygens (including phenoxy) is 1. The molecule has 0 saturated carbocycles. The fourth-order valence-corrected chi connectivity index (χ4v) is 4.14. The highest BCUT2D eigenvalue weighted by molar-refractivity contribution is 5.73. The van der Waals surface area contributed by atoms with Crippen LogP contribution in [0, 0.1) is 5.92 Å². The number of nitrogens with one attached hydrogen (secondary N) is 2. The summed E-state index contributed by atoms with van der Waals surface area (Å²) in [6.45, 7) is 18.6. The summed E-state index contributed by atoms with van der Waals surface area (Å²) in [6.07, 6.45) is 3.06. The van der Waals surface area contributed by atoms with E-state index < -0.39 is 0 Å². The minimum Gasteiger partial charge on any atom is -0.373 e. The lowest BCUT2D eigenvalue weighted by Gasteiger charge is -2.45. The molecule has 6 heteroatoms. The van der Waals surface area contributed by atoms with Gasteiger partial charge in [0.2, 0.25) is 0 Å². The Morgan fingerprint density at radius 3 is 2.42 bits per heavy atom. The van der Waals surface area contributed by atoms with Crippen molar-refractivity contribution in [1.82, 2.24) is 20.4 Å². The molecule has 2 rings (SSSR count). The molecule has 152 valence electrons. The maximum Gasteiger partial charge on any atom is 0.314 e. The monoisotopic (exact) mass is 368 g/mol. The number of rotatable bonds is 6. The molecule has 0 radical (unpaired) electrons. The lowest BCUT2D eigenvalue weighted by molar-refractivity contribution is -0.0947. The van der Waals surface area contributed by atoms with Crippen LogP contribution in [0.15, 0.2) is 0 Å². The second-order valence-electron chi connectivity index (χ2n) is 9.13. The largest absolute Gasteiger partial charge is 0.373 e. The number of piperidine rings is 1. The van der Waals surface area contributed by atoms with Gasteiger partial charge < -0.3 is 15.4 Å². The maximum atomic E-state index is 12.3. The van der Waals surface area contributed by atoms with Crippen LogP contribution in [0.5, 0.6) is 0 Å². The minimum absolute atomic E-state index is 0.0654. The van der Waals surface area contributed by atoms with Gasteiger partial charge in [-0.15, -0.1) is 0 Å². The molecule has 2 aliphatic rings. The van der Waals surface area contributed by atoms with Crippen LogP contribution >= 0.6 is 0 Å². The summed E-state index contributed by atoms with van der Waals surface area (Å²) in [5.41, 5.74) is -0.0858. The van der Waals surface area contributed by atoms with E-state index in [0.29, 0.717) is 19.1 Å². The summed E-state index contributed by atoms with van der Waals surface area (Å²) in [5, 5.41) is 6.12. The molecule has 2 fully saturated rings. The number of carbonyl (C=O) groups is 1. The average molecular weight is 369 g/mol. The number of hydrogen-bond donors (Lipinski definition) is 2. The highest BCUT2D eigenvalue weighted by Gasteiger charge is 2.33. The van der Waals surface area contributed by atoms with Gasteiger partial charge in [-0.05, 0) is 59.9 Å². The van der Waals surface area contributed by atoms with Crippen LogP contribution in [0.1, 0.15) is 54.4 Å². The number of morpholine rings is 1. The Morgan fingerprint density at radius 2 is 1.81 bits per heavy atom. The molecule has 0 spiro atoms. The van der Waals surface area contributed by atoms with Crippen molar-refractivity contribution in [2.75, 3.05) is 39.3 Å². The third-order valence-electron chi connectivity index (χ3n) is 5.83. The maximum absolute atomic E-state index is 12.3. The molecule has 0 bridgehead atoms. The molecule has 26 heavy (non-hydrogen) atoms. The number of likely N-dealkylation sites (tertiary alicyclic amines) is 1. The predicted octanol–water partition coefficient (Wildman–Crippen LogP) is 2.29. The SMILES string of the molecule is CC1CCCN(C(C)CNC(=O)NCC(C)(C)N2CC(C)OC(C)C2)C1. The minimum atomic E-state index is -0.0858. The molecular formula is C20H40N4O2. The van der Waals surface area contributed by atoms with Crippen molar-refractivity contribution in [3.8, 4) is 0 Å². The van der Waals surface area contributed by atoms with Crippen LogP contribution < -0.4 is 10.6 Å². The van der Waals surface area contributed by atoms with E-state index in [2.05, 4.69) is 62.0 Å². The van der Waals surface area contributed by atoms with E-state index in [1.165, 1.54) is 12.8 Å². The Kier molecular flexibility index (Phi) is 7.74. The normalized spacial score (nSPS) is 30.0. The molecule has 0 aromatic carbocycles. The first kappa shape index (κ1) is 21.5. The molecule has 2 N–H and O–H groups in total. The first-order valence-corrected chi connectivity index (χ1v) is 10.3. The molecule has 2 saturated heterocycles. The van der Waals surface area contributed by atoms with E-state index in [9.17, 15) is 4.79 Å². The van der Waals surface area contributed by atoms with Crippen LogP contribution in [-0.2, 0) is 4.74 Å². The van der Waals surface area contributed by atoms with Crippen LogP contribution in [0.25, 0.3) is 0 Å². The topological polar surface area (TPSA) is 56.8 Å². The van der Waals surface area contributed by atoms with E-state index in [1.807, 2.05) is 0 Å². The van der Waals surface area contributed by atoms with Crippen molar-refractivity contribution in [2.24, 2.45) is 5.92 Å². The van der Waals surface area contributed by atoms with E-state index in [-0.39, 0.29) is 23.8 Å². The van der Waals surface area contributed by atoms with Crippen molar-refractivity contribution >= 4 is 6.03 Å². The van der Waals surface area contributed by atoms with Crippen LogP contribution in [0.2, 0.25) is 0 Å². The number of urea groups is 1. The third-order valence-corrected chi connectivity index (χ3v) is 5.83. The molecule has 2 aliphatic heterocycles. The van der Waals surface area contributed by atoms with Crippen LogP contribution in [-0.4, -0.2) is 78.9 Å². The summed E-state index contributed by atoms with van der Waals surface area (Å²) >= 11 is 0. The van der Waals surface area contributed by atoms with Crippen molar-refractivity contribution in [2.45, 2.75) is 78.2 Å². The smallest absolute Gasteiger partial charge is 0.314 e. The summed E-state index contributed by atoms with van der Waals surface area (Å²) in [5.74, 6) is 0.763. The zero-order valence-corrected chi connectivity index (χ0v) is 17.7. The fraction of sp³-hybridized carbons (Fsp3) is 0.950. The van der Waals surface area contributed by atoms with E-state index in [0.717, 1.165) is 32.1 Å². The molecule has 2 amide bonds. The van der Waals surface area contributed by atoms with E-state index >= 15 is 0 Å². The van der Waals surface area contributed by atoms with Gasteiger partial charge in [-0.3, -0.25) is 9.80 Å². The molecule has 2 heterocycles. The van der Waals surface area contributed by atoms with Gasteiger partial charge in [0.05, 0.1) is 12.2 Å². The number of nitrogens with zero attached hydrogens (tertiary/aromatic N) is 2. The Bertz CT molecular complexity index is 447. The van der Waals surface area contributed by atoms with Crippen LogP contribution in [0.3, 0.4) is 0 Å². The molecule has 6 nitrogen and oxygen atoms in total. The molecular weight excluding hydrogens is 328 g/mol. The standard InChI is InChI=1S/C20H40N4O2/c1-15-8-7-9-23(11-15)16(2)10-21-19(25)22-14-20(5,6)24-12-17(3)26-18(4)13-24/h15-18H,7-14H2,1-6H3,(H2,21,22,25). The van der Waals surface area contributed by atoms with E-state index in [1.54, 1.807) is 0 Å². The number of amides is 2. The third kappa shape index (κ3) is 6.39. The number of carbonyl (C=O) groups excluding carboxylic acids is 1. The molecule has 4 atom stereocenters. The zero-order chi connectivity index (χ0) is 19.3. The first-order valence-electron chi connectivity index (χ1n) is 10.3. The molecule has 0 aromatic rings. The lowest BCUT2D eigenvalue weighted by atomic mass is 9.99. The highest BCUT2D eigenvalue weighted by atomic mass is 16.5. The van der Waals surface area contributed by atoms with Gasteiger partial charge in [-0.2, -0.15) is 0 Å². The van der Waals surface area contributed by atoms with Gasteiger partial charge in [0.25, 0.3) is 0 Å². The second kappa shape index (κ2) is 9.38. The quantitative estimate of drug-likeness (QED) is 0.755. The summed E-state index contributed by atoms with van der Waals surface area (Å²) in [4.78, 5) is 17.2. The lowest BCUT2D eigenvalue weighted by Crippen LogP contribution is -2.59. The average Bonchev–Trinajstić information content (AvgIpc) is 2.57. The van der Waals surface area contributed by atoms with Gasteiger partial charge >= 0.3 is 6.03 Å². The second-order valence-corrected chi connectivity index (χ2v) is 9.13. The molecule has 0 aliphatic carbocycles. The Hall–Kier alpha value is -0.850. The van der Waals surface area contributed by atoms with Gasteiger partial charge in [-0.1, -0.05) is 6.92 Å². The van der Waals surface area contributed by atoms with Gasteiger partial charge in [-0.25, -0.2) is 4.79 Å². The van der Waals surface area contributed by atoms with Crippen molar-refractivity contribution in [1.29, 1.82) is 0 Å². The highest BCUT2D eigenvalue weighted by Crippen LogP contribution is 2.20. The van der Waals surface area contributed by atoms with Crippen molar-refractivity contribution < 1.29 is 9.53 Å². The zero-order valence-electron chi connectivity index (χ0n) is 17.7. The Morgan fingerprint density at radius 1 is 1.15 bits per heavy atom. The van der Waals surface area contributed by atoms with E-state index in [4.69, 9.17) is 4.74 Å². The summed E-state index contributed by atoms with van der Waals surface area (Å²) in [6, 6.07) is 0.321. The predicted molar refractivity (Wildman–Crippen MR) is 106 cm³/mol. The Balaban J connectivity index is 1.71. The van der Waals surface area contributed by atoms with Crippen LogP contribution in [0.4, 0.5) is 4.79 Å². The first-order chi connectivity index (χ1) is 12.2. The van der Waals surface area contributed by atoms with Gasteiger partial charge in [0.1, 0.15) is 0 Å². The van der Waals surface area contributed by atoms with Gasteiger partial charge in [0.15, 0.2) is 0 Å². The summed E-state index contributed by atoms with van der Waals surface area (Å²) < 4.78 is 5.82. The fourth-order valence-electron chi connectivity index (χ4n) is 4.14. The number of hydrogen-bond acceptors (Lipinski definition) is 4. The van der Waals surface area contributed by atoms with Crippen molar-refractivity contribution in [3.63, 3.8) is 0 Å². The van der Waals surface area contributed by atoms with Gasteiger partial charge in [0, 0.05) is 44.3 Å². The summed E-state index contributed by atoms with van der Waals surface area (Å²) in [7, 11) is 0. The van der Waals surface area contributed by atoms with Crippen molar-refractivity contribution in [3.05, 3.63) is 0 Å². The molecule has 0 aromatic heterocycles. The molecule has 4 unspecified atom stereocenters.